The molecule has 3 atom stereocenters. The summed E-state index contributed by atoms with van der Waals surface area (Å²) in [5, 5.41) is 6.89. The van der Waals surface area contributed by atoms with E-state index in [0.29, 0.717) is 24.9 Å². The Balaban J connectivity index is 0.00000243. The van der Waals surface area contributed by atoms with Crippen molar-refractivity contribution in [1.29, 1.82) is 0 Å². The minimum absolute atomic E-state index is 0. The van der Waals surface area contributed by atoms with Gasteiger partial charge in [0.15, 0.2) is 5.96 Å². The van der Waals surface area contributed by atoms with Crippen molar-refractivity contribution in [2.75, 3.05) is 19.7 Å². The molecule has 2 aliphatic rings. The third-order valence-corrected chi connectivity index (χ3v) is 5.00. The fourth-order valence-electron chi connectivity index (χ4n) is 3.74. The lowest BCUT2D eigenvalue weighted by molar-refractivity contribution is 0.0992. The normalized spacial score (nSPS) is 24.3. The number of rotatable bonds is 7. The predicted octanol–water partition coefficient (Wildman–Crippen LogP) is 3.57. The molecule has 2 aliphatic heterocycles. The van der Waals surface area contributed by atoms with Gasteiger partial charge < -0.3 is 20.1 Å². The number of hydrogen-bond acceptors (Lipinski definition) is 3. The highest BCUT2D eigenvalue weighted by atomic mass is 127. The summed E-state index contributed by atoms with van der Waals surface area (Å²) in [5.74, 6) is 1.91. The standard InChI is InChI=1S/C20H31N3O2.HI/c1-4-21-20(23-17-13-16-9-10-18(17)25-16)22-11-6-12-24-19-14(2)7-5-8-15(19)3;/h5,7-8,16-18H,4,6,9-13H2,1-3H3,(H2,21,22,23);1H. The molecular formula is C20H32IN3O2. The predicted molar refractivity (Wildman–Crippen MR) is 117 cm³/mol. The lowest BCUT2D eigenvalue weighted by Crippen LogP contribution is -2.47. The number of para-hydroxylation sites is 1. The van der Waals surface area contributed by atoms with E-state index in [2.05, 4.69) is 49.6 Å². The first-order valence-corrected chi connectivity index (χ1v) is 9.56. The van der Waals surface area contributed by atoms with Crippen molar-refractivity contribution in [2.45, 2.75) is 64.7 Å². The van der Waals surface area contributed by atoms with Crippen LogP contribution in [0.5, 0.6) is 5.75 Å². The molecule has 3 rings (SSSR count). The molecule has 3 unspecified atom stereocenters. The van der Waals surface area contributed by atoms with Gasteiger partial charge in [-0.05, 0) is 51.2 Å². The number of hydrogen-bond donors (Lipinski definition) is 2. The van der Waals surface area contributed by atoms with E-state index in [0.717, 1.165) is 37.6 Å². The Morgan fingerprint density at radius 3 is 2.65 bits per heavy atom. The van der Waals surface area contributed by atoms with Crippen LogP contribution >= 0.6 is 24.0 Å². The van der Waals surface area contributed by atoms with Gasteiger partial charge in [0.2, 0.25) is 0 Å². The van der Waals surface area contributed by atoms with E-state index in [1.165, 1.54) is 24.0 Å². The minimum atomic E-state index is 0. The quantitative estimate of drug-likeness (QED) is 0.275. The largest absolute Gasteiger partial charge is 0.493 e. The van der Waals surface area contributed by atoms with Crippen molar-refractivity contribution in [1.82, 2.24) is 10.6 Å². The summed E-state index contributed by atoms with van der Waals surface area (Å²) < 4.78 is 11.9. The maximum Gasteiger partial charge on any atom is 0.191 e. The first-order chi connectivity index (χ1) is 12.2. The molecule has 146 valence electrons. The summed E-state index contributed by atoms with van der Waals surface area (Å²) in [4.78, 5) is 4.70. The highest BCUT2D eigenvalue weighted by molar-refractivity contribution is 14.0. The maximum atomic E-state index is 5.95. The van der Waals surface area contributed by atoms with Crippen LogP contribution in [0.1, 0.15) is 43.7 Å². The second-order valence-electron chi connectivity index (χ2n) is 7.04. The first-order valence-electron chi connectivity index (χ1n) is 9.56. The monoisotopic (exact) mass is 473 g/mol. The number of fused-ring (bicyclic) bond motifs is 2. The van der Waals surface area contributed by atoms with Gasteiger partial charge in [-0.1, -0.05) is 18.2 Å². The van der Waals surface area contributed by atoms with Crippen molar-refractivity contribution in [3.63, 3.8) is 0 Å². The van der Waals surface area contributed by atoms with Crippen molar-refractivity contribution in [3.05, 3.63) is 29.3 Å². The summed E-state index contributed by atoms with van der Waals surface area (Å²) >= 11 is 0. The molecular weight excluding hydrogens is 441 g/mol. The number of benzene rings is 1. The van der Waals surface area contributed by atoms with Crippen molar-refractivity contribution in [2.24, 2.45) is 4.99 Å². The summed E-state index contributed by atoms with van der Waals surface area (Å²) in [6.07, 6.45) is 5.21. The molecule has 5 nitrogen and oxygen atoms in total. The van der Waals surface area contributed by atoms with Crippen molar-refractivity contribution < 1.29 is 9.47 Å². The number of nitrogens with zero attached hydrogens (tertiary/aromatic N) is 1. The van der Waals surface area contributed by atoms with Gasteiger partial charge in [-0.25, -0.2) is 0 Å². The Morgan fingerprint density at radius 2 is 2.04 bits per heavy atom. The molecule has 2 saturated heterocycles. The van der Waals surface area contributed by atoms with Crippen LogP contribution in [-0.4, -0.2) is 43.9 Å². The SMILES string of the molecule is CCNC(=NCCCOc1c(C)cccc1C)NC1CC2CCC1O2.I. The third kappa shape index (κ3) is 5.49. The molecule has 6 heteroatoms. The zero-order valence-corrected chi connectivity index (χ0v) is 18.4. The second kappa shape index (κ2) is 10.3. The van der Waals surface area contributed by atoms with Crippen LogP contribution in [0.15, 0.2) is 23.2 Å². The number of aliphatic imine (C=N–C) groups is 1. The van der Waals surface area contributed by atoms with E-state index in [-0.39, 0.29) is 24.0 Å². The molecule has 1 aromatic carbocycles. The van der Waals surface area contributed by atoms with E-state index in [1.807, 2.05) is 0 Å². The van der Waals surface area contributed by atoms with Crippen molar-refractivity contribution >= 4 is 29.9 Å². The fraction of sp³-hybridized carbons (Fsp3) is 0.650. The van der Waals surface area contributed by atoms with E-state index in [9.17, 15) is 0 Å². The second-order valence-corrected chi connectivity index (χ2v) is 7.04. The molecule has 0 aromatic heterocycles. The van der Waals surface area contributed by atoms with Crippen molar-refractivity contribution in [3.8, 4) is 5.75 Å². The minimum Gasteiger partial charge on any atom is -0.493 e. The number of nitrogens with one attached hydrogen (secondary N) is 2. The van der Waals surface area contributed by atoms with Gasteiger partial charge >= 0.3 is 0 Å². The first kappa shape index (κ1) is 21.3. The highest BCUT2D eigenvalue weighted by Gasteiger charge is 2.41. The molecule has 26 heavy (non-hydrogen) atoms. The average molecular weight is 473 g/mol. The number of aryl methyl sites for hydroxylation is 2. The summed E-state index contributed by atoms with van der Waals surface area (Å²) in [7, 11) is 0. The van der Waals surface area contributed by atoms with Gasteiger partial charge in [-0.3, -0.25) is 4.99 Å². The lowest BCUT2D eigenvalue weighted by atomic mass is 9.96. The average Bonchev–Trinajstić information content (AvgIpc) is 3.20. The van der Waals surface area contributed by atoms with Gasteiger partial charge in [-0.2, -0.15) is 0 Å². The van der Waals surface area contributed by atoms with Crippen LogP contribution < -0.4 is 15.4 Å². The molecule has 1 aromatic rings. The summed E-state index contributed by atoms with van der Waals surface area (Å²) in [6.45, 7) is 8.58. The van der Waals surface area contributed by atoms with Crippen LogP contribution in [0, 0.1) is 13.8 Å². The Labute approximate surface area is 174 Å². The maximum absolute atomic E-state index is 5.95. The Morgan fingerprint density at radius 1 is 1.27 bits per heavy atom. The summed E-state index contributed by atoms with van der Waals surface area (Å²) in [5.41, 5.74) is 2.38. The molecule has 0 amide bonds. The van der Waals surface area contributed by atoms with Gasteiger partial charge in [0.1, 0.15) is 5.75 Å². The molecule has 0 aliphatic carbocycles. The van der Waals surface area contributed by atoms with Crippen LogP contribution in [0.2, 0.25) is 0 Å². The lowest BCUT2D eigenvalue weighted by Gasteiger charge is -2.22. The van der Waals surface area contributed by atoms with E-state index in [4.69, 9.17) is 14.5 Å². The van der Waals surface area contributed by atoms with Crippen LogP contribution in [0.25, 0.3) is 0 Å². The molecule has 0 spiro atoms. The number of ether oxygens (including phenoxy) is 2. The Hall–Kier alpha value is -1.02. The van der Waals surface area contributed by atoms with Gasteiger partial charge in [0.05, 0.1) is 24.9 Å². The molecule has 2 bridgehead atoms. The fourth-order valence-corrected chi connectivity index (χ4v) is 3.74. The summed E-state index contributed by atoms with van der Waals surface area (Å²) in [6, 6.07) is 6.65. The van der Waals surface area contributed by atoms with E-state index < -0.39 is 0 Å². The third-order valence-electron chi connectivity index (χ3n) is 5.00. The van der Waals surface area contributed by atoms with Crippen LogP contribution in [-0.2, 0) is 4.74 Å². The Bertz CT molecular complexity index is 588. The van der Waals surface area contributed by atoms with Gasteiger partial charge in [0.25, 0.3) is 0 Å². The van der Waals surface area contributed by atoms with Gasteiger partial charge in [-0.15, -0.1) is 24.0 Å². The Kier molecular flexibility index (Phi) is 8.47. The topological polar surface area (TPSA) is 54.9 Å². The zero-order chi connectivity index (χ0) is 17.6. The number of guanidine groups is 1. The smallest absolute Gasteiger partial charge is 0.191 e. The van der Waals surface area contributed by atoms with Crippen LogP contribution in [0.3, 0.4) is 0 Å². The molecule has 2 N–H and O–H groups in total. The van der Waals surface area contributed by atoms with Gasteiger partial charge in [0, 0.05) is 19.5 Å². The molecule has 0 radical (unpaired) electrons. The molecule has 0 saturated carbocycles. The van der Waals surface area contributed by atoms with E-state index in [1.54, 1.807) is 0 Å². The van der Waals surface area contributed by atoms with Crippen LogP contribution in [0.4, 0.5) is 0 Å². The zero-order valence-electron chi connectivity index (χ0n) is 16.1. The van der Waals surface area contributed by atoms with E-state index >= 15 is 0 Å². The molecule has 2 heterocycles. The number of halogens is 1. The molecule has 2 fully saturated rings. The highest BCUT2D eigenvalue weighted by Crippen LogP contribution is 2.34.